The molecule has 2 fully saturated rings. The van der Waals surface area contributed by atoms with Crippen LogP contribution >= 0.6 is 0 Å². The fourth-order valence-corrected chi connectivity index (χ4v) is 5.96. The Balaban J connectivity index is 1.36. The van der Waals surface area contributed by atoms with Crippen molar-refractivity contribution >= 4 is 0 Å². The van der Waals surface area contributed by atoms with Crippen molar-refractivity contribution in [2.24, 2.45) is 17.8 Å². The van der Waals surface area contributed by atoms with Gasteiger partial charge in [-0.1, -0.05) is 55.5 Å². The van der Waals surface area contributed by atoms with Crippen LogP contribution in [0.2, 0.25) is 0 Å². The van der Waals surface area contributed by atoms with E-state index >= 15 is 0 Å². The minimum Gasteiger partial charge on any atom is -0.489 e. The quantitative estimate of drug-likeness (QED) is 0.379. The van der Waals surface area contributed by atoms with Crippen LogP contribution in [0.1, 0.15) is 69.8 Å². The van der Waals surface area contributed by atoms with Crippen molar-refractivity contribution < 1.29 is 9.13 Å². The molecule has 4 atom stereocenters. The molecule has 2 aromatic rings. The summed E-state index contributed by atoms with van der Waals surface area (Å²) in [7, 11) is 0. The summed E-state index contributed by atoms with van der Waals surface area (Å²) in [5.74, 6) is 3.72. The highest BCUT2D eigenvalue weighted by molar-refractivity contribution is 5.65. The summed E-state index contributed by atoms with van der Waals surface area (Å²) in [6.07, 6.45) is 17.1. The molecule has 0 aromatic heterocycles. The summed E-state index contributed by atoms with van der Waals surface area (Å²) < 4.78 is 20.1. The van der Waals surface area contributed by atoms with E-state index in [-0.39, 0.29) is 5.82 Å². The van der Waals surface area contributed by atoms with E-state index in [0.717, 1.165) is 23.3 Å². The minimum absolute atomic E-state index is 0.244. The van der Waals surface area contributed by atoms with Crippen LogP contribution in [0.4, 0.5) is 4.39 Å². The number of hydrogen-bond donors (Lipinski definition) is 0. The van der Waals surface area contributed by atoms with Crippen molar-refractivity contribution in [2.45, 2.75) is 64.2 Å². The molecule has 0 spiro atoms. The Morgan fingerprint density at radius 2 is 1.78 bits per heavy atom. The van der Waals surface area contributed by atoms with Crippen molar-refractivity contribution in [3.05, 3.63) is 78.7 Å². The minimum atomic E-state index is -0.244. The van der Waals surface area contributed by atoms with Crippen molar-refractivity contribution in [3.63, 3.8) is 0 Å². The van der Waals surface area contributed by atoms with Crippen LogP contribution in [-0.4, -0.2) is 6.61 Å². The Kier molecular flexibility index (Phi) is 7.84. The molecule has 2 aliphatic rings. The van der Waals surface area contributed by atoms with E-state index in [1.54, 1.807) is 6.08 Å². The standard InChI is InChI=1S/C30H37FO/c1-3-5-6-7-22-8-9-27-20-26(15-14-25(27)19-22)23-10-12-24(13-11-23)29-17-16-28(21-30(29)31)32-18-4-2/h3-5,10-13,16-17,21-22,25-27H,2,6-9,14-15,18-20H2,1H3/b5-3+. The van der Waals surface area contributed by atoms with E-state index in [2.05, 4.69) is 49.9 Å². The van der Waals surface area contributed by atoms with Crippen LogP contribution in [0.3, 0.4) is 0 Å². The van der Waals surface area contributed by atoms with Gasteiger partial charge >= 0.3 is 0 Å². The Bertz CT molecular complexity index is 913. The SMILES string of the molecule is C=CCOc1ccc(-c2ccc(C3CCC4CC(CC/C=C/C)CCC4C3)cc2)c(F)c1. The normalized spacial score (nSPS) is 25.4. The molecule has 2 aromatic carbocycles. The summed E-state index contributed by atoms with van der Waals surface area (Å²) in [5.41, 5.74) is 2.98. The summed E-state index contributed by atoms with van der Waals surface area (Å²) in [6.45, 7) is 6.13. The van der Waals surface area contributed by atoms with E-state index in [1.807, 2.05) is 12.1 Å². The Morgan fingerprint density at radius 3 is 2.53 bits per heavy atom. The van der Waals surface area contributed by atoms with Gasteiger partial charge in [0.1, 0.15) is 18.2 Å². The maximum atomic E-state index is 14.6. The number of benzene rings is 2. The highest BCUT2D eigenvalue weighted by Gasteiger charge is 2.35. The Hall–Kier alpha value is -2.35. The average molecular weight is 433 g/mol. The van der Waals surface area contributed by atoms with Gasteiger partial charge in [-0.05, 0) is 98.8 Å². The van der Waals surface area contributed by atoms with Gasteiger partial charge in [-0.2, -0.15) is 0 Å². The summed E-state index contributed by atoms with van der Waals surface area (Å²) in [5, 5.41) is 0. The van der Waals surface area contributed by atoms with Crippen molar-refractivity contribution in [3.8, 4) is 16.9 Å². The largest absolute Gasteiger partial charge is 0.489 e. The lowest BCUT2D eigenvalue weighted by Crippen LogP contribution is -2.30. The van der Waals surface area contributed by atoms with Crippen molar-refractivity contribution in [1.29, 1.82) is 0 Å². The molecule has 2 saturated carbocycles. The van der Waals surface area contributed by atoms with Gasteiger partial charge in [-0.15, -0.1) is 0 Å². The number of allylic oxidation sites excluding steroid dienone is 2. The zero-order valence-corrected chi connectivity index (χ0v) is 19.4. The summed E-state index contributed by atoms with van der Waals surface area (Å²) in [6, 6.07) is 13.7. The zero-order chi connectivity index (χ0) is 22.3. The zero-order valence-electron chi connectivity index (χ0n) is 19.4. The average Bonchev–Trinajstić information content (AvgIpc) is 2.83. The molecule has 32 heavy (non-hydrogen) atoms. The molecular formula is C30H37FO. The topological polar surface area (TPSA) is 9.23 Å². The lowest BCUT2D eigenvalue weighted by atomic mass is 9.63. The molecule has 2 aliphatic carbocycles. The highest BCUT2D eigenvalue weighted by Crippen LogP contribution is 2.48. The second-order valence-corrected chi connectivity index (χ2v) is 9.72. The van der Waals surface area contributed by atoms with E-state index < -0.39 is 0 Å². The molecular weight excluding hydrogens is 395 g/mol. The van der Waals surface area contributed by atoms with Crippen LogP contribution in [0.5, 0.6) is 5.75 Å². The predicted molar refractivity (Wildman–Crippen MR) is 132 cm³/mol. The second-order valence-electron chi connectivity index (χ2n) is 9.72. The number of hydrogen-bond acceptors (Lipinski definition) is 1. The van der Waals surface area contributed by atoms with E-state index in [4.69, 9.17) is 4.74 Å². The van der Waals surface area contributed by atoms with E-state index in [9.17, 15) is 4.39 Å². The van der Waals surface area contributed by atoms with Crippen LogP contribution in [-0.2, 0) is 0 Å². The maximum absolute atomic E-state index is 14.6. The van der Waals surface area contributed by atoms with Gasteiger partial charge < -0.3 is 4.74 Å². The molecule has 0 aliphatic heterocycles. The Morgan fingerprint density at radius 1 is 1.00 bits per heavy atom. The van der Waals surface area contributed by atoms with E-state index in [1.165, 1.54) is 63.0 Å². The second kappa shape index (κ2) is 11.0. The molecule has 0 saturated heterocycles. The smallest absolute Gasteiger partial charge is 0.134 e. The third-order valence-corrected chi connectivity index (χ3v) is 7.70. The summed E-state index contributed by atoms with van der Waals surface area (Å²) >= 11 is 0. The predicted octanol–water partition coefficient (Wildman–Crippen LogP) is 8.71. The Labute approximate surface area is 193 Å². The van der Waals surface area contributed by atoms with Crippen molar-refractivity contribution in [2.75, 3.05) is 6.61 Å². The first kappa shape index (κ1) is 22.8. The molecule has 2 heteroatoms. The van der Waals surface area contributed by atoms with Gasteiger partial charge in [-0.3, -0.25) is 0 Å². The first-order valence-electron chi connectivity index (χ1n) is 12.4. The number of ether oxygens (including phenoxy) is 1. The molecule has 170 valence electrons. The fraction of sp³-hybridized carbons (Fsp3) is 0.467. The van der Waals surface area contributed by atoms with Crippen LogP contribution in [0.15, 0.2) is 67.3 Å². The molecule has 4 unspecified atom stereocenters. The van der Waals surface area contributed by atoms with E-state index in [0.29, 0.717) is 23.8 Å². The van der Waals surface area contributed by atoms with Crippen LogP contribution < -0.4 is 4.74 Å². The molecule has 0 N–H and O–H groups in total. The monoisotopic (exact) mass is 432 g/mol. The molecule has 0 bridgehead atoms. The number of fused-ring (bicyclic) bond motifs is 1. The van der Waals surface area contributed by atoms with Crippen LogP contribution in [0.25, 0.3) is 11.1 Å². The molecule has 0 heterocycles. The molecule has 0 radical (unpaired) electrons. The molecule has 0 amide bonds. The van der Waals surface area contributed by atoms with Crippen molar-refractivity contribution in [1.82, 2.24) is 0 Å². The first-order chi connectivity index (χ1) is 15.7. The maximum Gasteiger partial charge on any atom is 0.134 e. The highest BCUT2D eigenvalue weighted by atomic mass is 19.1. The van der Waals surface area contributed by atoms with Gasteiger partial charge in [0.2, 0.25) is 0 Å². The lowest BCUT2D eigenvalue weighted by Gasteiger charge is -2.42. The third-order valence-electron chi connectivity index (χ3n) is 7.70. The fourth-order valence-electron chi connectivity index (χ4n) is 5.96. The summed E-state index contributed by atoms with van der Waals surface area (Å²) in [4.78, 5) is 0. The van der Waals surface area contributed by atoms with Crippen LogP contribution in [0, 0.1) is 23.6 Å². The third kappa shape index (κ3) is 5.52. The van der Waals surface area contributed by atoms with Gasteiger partial charge in [0.15, 0.2) is 0 Å². The van der Waals surface area contributed by atoms with Gasteiger partial charge in [0.25, 0.3) is 0 Å². The lowest BCUT2D eigenvalue weighted by molar-refractivity contribution is 0.115. The molecule has 1 nitrogen and oxygen atoms in total. The molecule has 4 rings (SSSR count). The van der Waals surface area contributed by atoms with Gasteiger partial charge in [0.05, 0.1) is 0 Å². The number of rotatable bonds is 8. The first-order valence-corrected chi connectivity index (χ1v) is 12.4. The number of halogens is 1. The van der Waals surface area contributed by atoms with Gasteiger partial charge in [0, 0.05) is 11.6 Å². The van der Waals surface area contributed by atoms with Gasteiger partial charge in [-0.25, -0.2) is 4.39 Å².